The van der Waals surface area contributed by atoms with E-state index in [1.54, 1.807) is 0 Å². The van der Waals surface area contributed by atoms with E-state index >= 15 is 0 Å². The fraction of sp³-hybridized carbons (Fsp3) is 0.255. The fourth-order valence-corrected chi connectivity index (χ4v) is 10.3. The molecule has 1 saturated heterocycles. The zero-order valence-corrected chi connectivity index (χ0v) is 30.6. The average molecular weight is 689 g/mol. The van der Waals surface area contributed by atoms with E-state index in [1.807, 2.05) is 0 Å². The maximum atomic E-state index is 2.77. The van der Waals surface area contributed by atoms with E-state index in [9.17, 15) is 0 Å². The van der Waals surface area contributed by atoms with Gasteiger partial charge in [-0.2, -0.15) is 0 Å². The van der Waals surface area contributed by atoms with Gasteiger partial charge in [0, 0.05) is 53.2 Å². The predicted octanol–water partition coefficient (Wildman–Crippen LogP) is 11.5. The lowest BCUT2D eigenvalue weighted by Gasteiger charge is -2.36. The Bertz CT molecular complexity index is 2200. The largest absolute Gasteiger partial charge is 0.333 e. The lowest BCUT2D eigenvalue weighted by Crippen LogP contribution is -2.44. The number of benzene rings is 2. The number of allylic oxidation sites excluding steroid dienone is 17. The van der Waals surface area contributed by atoms with Crippen LogP contribution in [-0.4, -0.2) is 29.1 Å². The molecule has 0 radical (unpaired) electrons. The summed E-state index contributed by atoms with van der Waals surface area (Å²) in [7, 11) is 0. The normalized spacial score (nSPS) is 35.5. The van der Waals surface area contributed by atoms with E-state index in [0.717, 1.165) is 25.7 Å². The molecule has 0 aromatic heterocycles. The Kier molecular flexibility index (Phi) is 8.37. The molecule has 0 N–H and O–H groups in total. The number of nitrogens with zero attached hydrogens (tertiary/aromatic N) is 2. The Morgan fingerprint density at radius 2 is 1.40 bits per heavy atom. The molecule has 2 aliphatic heterocycles. The summed E-state index contributed by atoms with van der Waals surface area (Å²) < 4.78 is 0. The van der Waals surface area contributed by atoms with Crippen LogP contribution in [-0.2, 0) is 0 Å². The van der Waals surface area contributed by atoms with Crippen molar-refractivity contribution in [2.45, 2.75) is 62.7 Å². The molecule has 2 heterocycles. The molecule has 1 fully saturated rings. The van der Waals surface area contributed by atoms with Crippen LogP contribution in [0.1, 0.15) is 55.2 Å². The Morgan fingerprint density at radius 1 is 0.623 bits per heavy atom. The lowest BCUT2D eigenvalue weighted by atomic mass is 9.80. The van der Waals surface area contributed by atoms with Crippen molar-refractivity contribution < 1.29 is 0 Å². The Hall–Kier alpha value is -5.18. The van der Waals surface area contributed by atoms with Crippen LogP contribution in [0.15, 0.2) is 193 Å². The summed E-state index contributed by atoms with van der Waals surface area (Å²) in [6.07, 6.45) is 54.0. The van der Waals surface area contributed by atoms with Crippen LogP contribution in [0.2, 0.25) is 0 Å². The van der Waals surface area contributed by atoms with Gasteiger partial charge in [0.25, 0.3) is 0 Å². The number of anilines is 1. The number of fused-ring (bicyclic) bond motifs is 6. The van der Waals surface area contributed by atoms with Crippen molar-refractivity contribution in [3.05, 3.63) is 210 Å². The summed E-state index contributed by atoms with van der Waals surface area (Å²) in [6, 6.07) is 19.8. The van der Waals surface area contributed by atoms with Crippen molar-refractivity contribution in [2.75, 3.05) is 4.90 Å². The molecule has 262 valence electrons. The van der Waals surface area contributed by atoms with Gasteiger partial charge in [0.1, 0.15) is 0 Å². The molecule has 53 heavy (non-hydrogen) atoms. The molecule has 0 bridgehead atoms. The number of rotatable bonds is 5. The third kappa shape index (κ3) is 5.76. The second-order valence-electron chi connectivity index (χ2n) is 15.9. The van der Waals surface area contributed by atoms with Gasteiger partial charge in [-0.05, 0) is 78.7 Å². The van der Waals surface area contributed by atoms with Crippen LogP contribution < -0.4 is 4.90 Å². The predicted molar refractivity (Wildman–Crippen MR) is 223 cm³/mol. The second kappa shape index (κ2) is 13.7. The molecule has 8 unspecified atom stereocenters. The molecule has 0 amide bonds. The van der Waals surface area contributed by atoms with Crippen molar-refractivity contribution in [3.63, 3.8) is 0 Å². The van der Waals surface area contributed by atoms with Crippen LogP contribution in [0.4, 0.5) is 5.69 Å². The van der Waals surface area contributed by atoms with E-state index in [1.165, 1.54) is 50.4 Å². The summed E-state index contributed by atoms with van der Waals surface area (Å²) in [6.45, 7) is 2.35. The van der Waals surface area contributed by atoms with Crippen molar-refractivity contribution in [2.24, 2.45) is 17.8 Å². The number of hydrogen-bond acceptors (Lipinski definition) is 2. The zero-order valence-electron chi connectivity index (χ0n) is 30.6. The van der Waals surface area contributed by atoms with Crippen molar-refractivity contribution in [3.8, 4) is 0 Å². The standard InChI is InChI=1S/C51H48N2/c1-35-25-26-38(36-15-5-2-6-16-36)31-42(34-46(35)37-17-7-3-8-18-37)53-48-23-13-11-21-43(48)45-29-27-40(33-51(45)53)39-28-30-50-47(32-39)44-22-12-14-24-49(44)52(50)41-19-9-4-10-20-41/h2-15,17-19,21-24,27-34,36,41,43-44,47-50H,16,20,25-26H2,1H3/b38-31+,42-34+,46-35-. The molecule has 0 saturated carbocycles. The minimum Gasteiger partial charge on any atom is -0.333 e. The molecular weight excluding hydrogens is 641 g/mol. The summed E-state index contributed by atoms with van der Waals surface area (Å²) in [5.74, 6) is 1.67. The van der Waals surface area contributed by atoms with Gasteiger partial charge in [-0.3, -0.25) is 4.90 Å². The van der Waals surface area contributed by atoms with Crippen LogP contribution in [0.3, 0.4) is 0 Å². The molecule has 2 aromatic carbocycles. The SMILES string of the molecule is C\C1=C(c2ccccc2)/C=C(N2c3cc(C4=CC5C6C=CC=CC6N(C6C=CC=CC6)C5C=C4)ccc3C3C=CC=CC32)\C=C(\C2C=CC=CC2)CC1. The molecule has 0 spiro atoms. The minimum absolute atomic E-state index is 0.230. The third-order valence-electron chi connectivity index (χ3n) is 12.9. The number of likely N-dealkylation sites (tertiary alicyclic amines) is 1. The zero-order chi connectivity index (χ0) is 35.3. The molecule has 2 heteroatoms. The van der Waals surface area contributed by atoms with Gasteiger partial charge in [0.15, 0.2) is 0 Å². The quantitative estimate of drug-likeness (QED) is 0.309. The monoisotopic (exact) mass is 688 g/mol. The van der Waals surface area contributed by atoms with E-state index in [4.69, 9.17) is 0 Å². The first-order valence-corrected chi connectivity index (χ1v) is 19.9. The Morgan fingerprint density at radius 3 is 2.23 bits per heavy atom. The highest BCUT2D eigenvalue weighted by Crippen LogP contribution is 2.50. The Balaban J connectivity index is 1.07. The summed E-state index contributed by atoms with van der Waals surface area (Å²) in [5, 5.41) is 0. The summed E-state index contributed by atoms with van der Waals surface area (Å²) in [4.78, 5) is 5.45. The van der Waals surface area contributed by atoms with E-state index in [-0.39, 0.29) is 6.04 Å². The molecule has 2 nitrogen and oxygen atoms in total. The highest BCUT2D eigenvalue weighted by molar-refractivity contribution is 5.84. The smallest absolute Gasteiger partial charge is 0.0629 e. The number of hydrogen-bond donors (Lipinski definition) is 0. The Labute approximate surface area is 315 Å². The molecule has 10 rings (SSSR count). The maximum absolute atomic E-state index is 2.77. The lowest BCUT2D eigenvalue weighted by molar-refractivity contribution is 0.193. The summed E-state index contributed by atoms with van der Waals surface area (Å²) >= 11 is 0. The van der Waals surface area contributed by atoms with Crippen LogP contribution in [0.5, 0.6) is 0 Å². The van der Waals surface area contributed by atoms with E-state index in [0.29, 0.717) is 41.8 Å². The van der Waals surface area contributed by atoms with Crippen LogP contribution in [0.25, 0.3) is 11.1 Å². The van der Waals surface area contributed by atoms with Crippen molar-refractivity contribution >= 4 is 16.8 Å². The van der Waals surface area contributed by atoms with Gasteiger partial charge in [-0.25, -0.2) is 0 Å². The van der Waals surface area contributed by atoms with Gasteiger partial charge in [-0.1, -0.05) is 169 Å². The first kappa shape index (κ1) is 32.5. The highest BCUT2D eigenvalue weighted by Gasteiger charge is 2.48. The van der Waals surface area contributed by atoms with E-state index in [2.05, 4.69) is 193 Å². The van der Waals surface area contributed by atoms with Gasteiger partial charge >= 0.3 is 0 Å². The second-order valence-corrected chi connectivity index (χ2v) is 15.9. The first-order valence-electron chi connectivity index (χ1n) is 19.9. The topological polar surface area (TPSA) is 6.48 Å². The fourth-order valence-electron chi connectivity index (χ4n) is 10.3. The average Bonchev–Trinajstić information content (AvgIpc) is 3.73. The van der Waals surface area contributed by atoms with Gasteiger partial charge < -0.3 is 4.90 Å². The van der Waals surface area contributed by atoms with Crippen LogP contribution >= 0.6 is 0 Å². The van der Waals surface area contributed by atoms with Gasteiger partial charge in [-0.15, -0.1) is 0 Å². The molecule has 2 aromatic rings. The maximum Gasteiger partial charge on any atom is 0.0629 e. The molecular formula is C51H48N2. The van der Waals surface area contributed by atoms with Crippen LogP contribution in [0, 0.1) is 17.8 Å². The van der Waals surface area contributed by atoms with Crippen molar-refractivity contribution in [1.29, 1.82) is 0 Å². The molecule has 8 atom stereocenters. The van der Waals surface area contributed by atoms with Gasteiger partial charge in [0.2, 0.25) is 0 Å². The first-order chi connectivity index (χ1) is 26.2. The minimum atomic E-state index is 0.230. The van der Waals surface area contributed by atoms with E-state index < -0.39 is 0 Å². The summed E-state index contributed by atoms with van der Waals surface area (Å²) in [5.41, 5.74) is 12.3. The molecule has 6 aliphatic carbocycles. The van der Waals surface area contributed by atoms with Crippen molar-refractivity contribution in [1.82, 2.24) is 4.90 Å². The third-order valence-corrected chi connectivity index (χ3v) is 12.9. The van der Waals surface area contributed by atoms with Gasteiger partial charge in [0.05, 0.1) is 6.04 Å². The molecule has 8 aliphatic rings. The highest BCUT2D eigenvalue weighted by atomic mass is 15.2.